The molecular weight excluding hydrogens is 194 g/mol. The van der Waals surface area contributed by atoms with Gasteiger partial charge >= 0.3 is 0 Å². The summed E-state index contributed by atoms with van der Waals surface area (Å²) in [7, 11) is 0. The summed E-state index contributed by atoms with van der Waals surface area (Å²) in [4.78, 5) is 14.9. The number of amides is 1. The molecule has 0 saturated heterocycles. The summed E-state index contributed by atoms with van der Waals surface area (Å²) < 4.78 is 1.44. The first-order chi connectivity index (χ1) is 7.16. The van der Waals surface area contributed by atoms with E-state index in [-0.39, 0.29) is 5.69 Å². The number of pyridine rings is 1. The number of aromatic nitrogens is 3. The van der Waals surface area contributed by atoms with Crippen LogP contribution in [-0.2, 0) is 0 Å². The summed E-state index contributed by atoms with van der Waals surface area (Å²) in [6.45, 7) is 0. The quantitative estimate of drug-likeness (QED) is 0.714. The number of nitrogens with two attached hydrogens (primary N) is 2. The Kier molecular flexibility index (Phi) is 2.09. The molecule has 4 N–H and O–H groups in total. The van der Waals surface area contributed by atoms with E-state index in [1.807, 2.05) is 0 Å². The predicted octanol–water partition coefficient (Wildman–Crippen LogP) is -0.0516. The van der Waals surface area contributed by atoms with Crippen molar-refractivity contribution in [2.45, 2.75) is 0 Å². The van der Waals surface area contributed by atoms with Gasteiger partial charge in [0.1, 0.15) is 11.5 Å². The first-order valence-electron chi connectivity index (χ1n) is 4.25. The van der Waals surface area contributed by atoms with Crippen molar-refractivity contribution in [2.75, 3.05) is 5.73 Å². The van der Waals surface area contributed by atoms with Crippen LogP contribution >= 0.6 is 0 Å². The topological polar surface area (TPSA) is 99.8 Å². The summed E-state index contributed by atoms with van der Waals surface area (Å²) >= 11 is 0. The molecule has 0 radical (unpaired) electrons. The van der Waals surface area contributed by atoms with Gasteiger partial charge in [-0.05, 0) is 18.2 Å². The van der Waals surface area contributed by atoms with Gasteiger partial charge in [-0.2, -0.15) is 5.10 Å². The van der Waals surface area contributed by atoms with Gasteiger partial charge < -0.3 is 11.5 Å². The highest BCUT2D eigenvalue weighted by Gasteiger charge is 2.06. The number of hydrogen-bond acceptors (Lipinski definition) is 4. The second kappa shape index (κ2) is 3.41. The van der Waals surface area contributed by atoms with Gasteiger partial charge in [0.2, 0.25) is 0 Å². The van der Waals surface area contributed by atoms with Crippen LogP contribution < -0.4 is 11.5 Å². The summed E-state index contributed by atoms with van der Waals surface area (Å²) in [5.74, 6) is 0.365. The van der Waals surface area contributed by atoms with Crippen LogP contribution in [0.3, 0.4) is 0 Å². The Labute approximate surface area is 85.5 Å². The number of nitrogen functional groups attached to an aromatic ring is 1. The van der Waals surface area contributed by atoms with Crippen molar-refractivity contribution < 1.29 is 4.79 Å². The maximum Gasteiger partial charge on any atom is 0.269 e. The third-order valence-corrected chi connectivity index (χ3v) is 1.83. The van der Waals surface area contributed by atoms with Crippen LogP contribution in [-0.4, -0.2) is 20.7 Å². The standard InChI is InChI=1S/C9H9N5O/c10-7-2-1-3-8(12-7)14-5-4-6(13-14)9(11)15/h1-5H,(H2,10,12)(H2,11,15). The average molecular weight is 203 g/mol. The molecule has 0 fully saturated rings. The number of rotatable bonds is 2. The van der Waals surface area contributed by atoms with E-state index in [2.05, 4.69) is 10.1 Å². The molecule has 0 aliphatic carbocycles. The lowest BCUT2D eigenvalue weighted by Gasteiger charge is -2.00. The Morgan fingerprint density at radius 3 is 2.73 bits per heavy atom. The van der Waals surface area contributed by atoms with Crippen molar-refractivity contribution in [1.82, 2.24) is 14.8 Å². The summed E-state index contributed by atoms with van der Waals surface area (Å²) in [6.07, 6.45) is 1.60. The Balaban J connectivity index is 2.41. The molecule has 0 aliphatic rings. The zero-order valence-electron chi connectivity index (χ0n) is 7.79. The van der Waals surface area contributed by atoms with Crippen LogP contribution in [0, 0.1) is 0 Å². The van der Waals surface area contributed by atoms with Crippen LogP contribution in [0.5, 0.6) is 0 Å². The van der Waals surface area contributed by atoms with Gasteiger partial charge in [0.25, 0.3) is 5.91 Å². The van der Waals surface area contributed by atoms with Gasteiger partial charge in [-0.1, -0.05) is 6.07 Å². The van der Waals surface area contributed by atoms with Crippen LogP contribution in [0.2, 0.25) is 0 Å². The maximum absolute atomic E-state index is 10.8. The molecule has 0 saturated carbocycles. The first-order valence-corrected chi connectivity index (χ1v) is 4.25. The van der Waals surface area contributed by atoms with E-state index in [0.717, 1.165) is 0 Å². The first kappa shape index (κ1) is 9.20. The van der Waals surface area contributed by atoms with Crippen molar-refractivity contribution >= 4 is 11.7 Å². The molecule has 6 heteroatoms. The van der Waals surface area contributed by atoms with Crippen LogP contribution in [0.15, 0.2) is 30.5 Å². The summed E-state index contributed by atoms with van der Waals surface area (Å²) in [6, 6.07) is 6.67. The van der Waals surface area contributed by atoms with Gasteiger partial charge in [-0.15, -0.1) is 0 Å². The van der Waals surface area contributed by atoms with Gasteiger partial charge in [0, 0.05) is 6.20 Å². The fourth-order valence-corrected chi connectivity index (χ4v) is 1.15. The zero-order chi connectivity index (χ0) is 10.8. The second-order valence-corrected chi connectivity index (χ2v) is 2.93. The van der Waals surface area contributed by atoms with E-state index >= 15 is 0 Å². The minimum absolute atomic E-state index is 0.194. The number of hydrogen-bond donors (Lipinski definition) is 2. The smallest absolute Gasteiger partial charge is 0.269 e. The minimum Gasteiger partial charge on any atom is -0.384 e. The molecule has 2 rings (SSSR count). The summed E-state index contributed by atoms with van der Waals surface area (Å²) in [5, 5.41) is 3.95. The molecule has 0 atom stereocenters. The summed E-state index contributed by atoms with van der Waals surface area (Å²) in [5.41, 5.74) is 10.8. The maximum atomic E-state index is 10.8. The van der Waals surface area contributed by atoms with E-state index < -0.39 is 5.91 Å². The third kappa shape index (κ3) is 1.78. The molecule has 15 heavy (non-hydrogen) atoms. The van der Waals surface area contributed by atoms with Gasteiger partial charge in [0.15, 0.2) is 5.82 Å². The average Bonchev–Trinajstić information content (AvgIpc) is 2.66. The van der Waals surface area contributed by atoms with E-state index in [1.165, 1.54) is 10.7 Å². The molecular formula is C9H9N5O. The number of primary amides is 1. The van der Waals surface area contributed by atoms with Crippen molar-refractivity contribution in [1.29, 1.82) is 0 Å². The van der Waals surface area contributed by atoms with Crippen molar-refractivity contribution in [3.63, 3.8) is 0 Å². The Hall–Kier alpha value is -2.37. The molecule has 6 nitrogen and oxygen atoms in total. The molecule has 1 amide bonds. The Bertz CT molecular complexity index is 505. The van der Waals surface area contributed by atoms with Gasteiger partial charge in [0.05, 0.1) is 0 Å². The SMILES string of the molecule is NC(=O)c1ccn(-c2cccc(N)n2)n1. The minimum atomic E-state index is -0.572. The lowest BCUT2D eigenvalue weighted by Crippen LogP contribution is -2.12. The van der Waals surface area contributed by atoms with E-state index in [9.17, 15) is 4.79 Å². The fraction of sp³-hybridized carbons (Fsp3) is 0. The van der Waals surface area contributed by atoms with E-state index in [1.54, 1.807) is 24.4 Å². The highest BCUT2D eigenvalue weighted by molar-refractivity contribution is 5.90. The van der Waals surface area contributed by atoms with Crippen molar-refractivity contribution in [3.8, 4) is 5.82 Å². The third-order valence-electron chi connectivity index (χ3n) is 1.83. The number of carbonyl (C=O) groups excluding carboxylic acids is 1. The second-order valence-electron chi connectivity index (χ2n) is 2.93. The molecule has 2 heterocycles. The molecule has 0 aromatic carbocycles. The monoisotopic (exact) mass is 203 g/mol. The highest BCUT2D eigenvalue weighted by atomic mass is 16.1. The molecule has 76 valence electrons. The van der Waals surface area contributed by atoms with E-state index in [0.29, 0.717) is 11.6 Å². The predicted molar refractivity (Wildman–Crippen MR) is 54.3 cm³/mol. The molecule has 2 aromatic heterocycles. The number of anilines is 1. The Morgan fingerprint density at radius 2 is 2.13 bits per heavy atom. The Morgan fingerprint density at radius 1 is 1.33 bits per heavy atom. The van der Waals surface area contributed by atoms with Gasteiger partial charge in [-0.3, -0.25) is 4.79 Å². The highest BCUT2D eigenvalue weighted by Crippen LogP contribution is 2.06. The van der Waals surface area contributed by atoms with Crippen molar-refractivity contribution in [3.05, 3.63) is 36.2 Å². The fourth-order valence-electron chi connectivity index (χ4n) is 1.15. The lowest BCUT2D eigenvalue weighted by atomic mass is 10.4. The lowest BCUT2D eigenvalue weighted by molar-refractivity contribution is 0.0995. The van der Waals surface area contributed by atoms with Crippen LogP contribution in [0.4, 0.5) is 5.82 Å². The molecule has 0 bridgehead atoms. The van der Waals surface area contributed by atoms with E-state index in [4.69, 9.17) is 11.5 Å². The molecule has 0 unspecified atom stereocenters. The van der Waals surface area contributed by atoms with Crippen molar-refractivity contribution in [2.24, 2.45) is 5.73 Å². The number of carbonyl (C=O) groups is 1. The molecule has 2 aromatic rings. The molecule has 0 spiro atoms. The number of nitrogens with zero attached hydrogens (tertiary/aromatic N) is 3. The zero-order valence-corrected chi connectivity index (χ0v) is 7.79. The normalized spacial score (nSPS) is 10.1. The molecule has 0 aliphatic heterocycles. The van der Waals surface area contributed by atoms with Crippen LogP contribution in [0.1, 0.15) is 10.5 Å². The van der Waals surface area contributed by atoms with Gasteiger partial charge in [-0.25, -0.2) is 9.67 Å². The van der Waals surface area contributed by atoms with Crippen LogP contribution in [0.25, 0.3) is 5.82 Å². The largest absolute Gasteiger partial charge is 0.384 e.